The van der Waals surface area contributed by atoms with Crippen LogP contribution in [0.4, 0.5) is 14.5 Å². The number of benzene rings is 1. The summed E-state index contributed by atoms with van der Waals surface area (Å²) in [7, 11) is 0. The van der Waals surface area contributed by atoms with Gasteiger partial charge in [0.2, 0.25) is 0 Å². The quantitative estimate of drug-likeness (QED) is 0.843. The summed E-state index contributed by atoms with van der Waals surface area (Å²) in [6.07, 6.45) is 1.52. The lowest BCUT2D eigenvalue weighted by molar-refractivity contribution is 0.500. The first kappa shape index (κ1) is 13.2. The lowest BCUT2D eigenvalue weighted by atomic mass is 10.2. The molecule has 1 N–H and O–H groups in total. The molecule has 2 nitrogen and oxygen atoms in total. The second-order valence-corrected chi connectivity index (χ2v) is 4.78. The van der Waals surface area contributed by atoms with Crippen LogP contribution in [0.2, 0.25) is 5.15 Å². The van der Waals surface area contributed by atoms with Crippen LogP contribution in [0.5, 0.6) is 0 Å². The molecule has 0 unspecified atom stereocenters. The number of pyridine rings is 1. The van der Waals surface area contributed by atoms with Gasteiger partial charge in [-0.1, -0.05) is 23.7 Å². The van der Waals surface area contributed by atoms with E-state index >= 15 is 0 Å². The number of hydrogen-bond acceptors (Lipinski definition) is 2. The Kier molecular flexibility index (Phi) is 4.14. The average Bonchev–Trinajstić information content (AvgIpc) is 2.35. The molecule has 0 saturated carbocycles. The Morgan fingerprint density at radius 2 is 2.11 bits per heavy atom. The highest BCUT2D eigenvalue weighted by Gasteiger charge is 2.07. The van der Waals surface area contributed by atoms with E-state index in [1.807, 2.05) is 0 Å². The van der Waals surface area contributed by atoms with Gasteiger partial charge in [-0.3, -0.25) is 0 Å². The number of nitrogens with zero attached hydrogens (tertiary/aromatic N) is 1. The van der Waals surface area contributed by atoms with Crippen molar-refractivity contribution in [3.05, 3.63) is 57.3 Å². The molecule has 0 bridgehead atoms. The van der Waals surface area contributed by atoms with E-state index in [1.54, 1.807) is 6.07 Å². The maximum absolute atomic E-state index is 13.4. The van der Waals surface area contributed by atoms with Gasteiger partial charge in [-0.15, -0.1) is 0 Å². The maximum atomic E-state index is 13.4. The van der Waals surface area contributed by atoms with Crippen molar-refractivity contribution in [3.63, 3.8) is 0 Å². The van der Waals surface area contributed by atoms with Crippen LogP contribution >= 0.6 is 27.5 Å². The summed E-state index contributed by atoms with van der Waals surface area (Å²) in [5.74, 6) is -1.70. The molecule has 2 rings (SSSR count). The summed E-state index contributed by atoms with van der Waals surface area (Å²) in [5.41, 5.74) is 0.913. The van der Waals surface area contributed by atoms with Gasteiger partial charge in [0.15, 0.2) is 11.6 Å². The molecule has 0 saturated heterocycles. The van der Waals surface area contributed by atoms with Gasteiger partial charge in [-0.25, -0.2) is 13.8 Å². The normalized spacial score (nSPS) is 10.4. The summed E-state index contributed by atoms with van der Waals surface area (Å²) in [4.78, 5) is 3.92. The molecule has 0 fully saturated rings. The Labute approximate surface area is 116 Å². The SMILES string of the molecule is Fc1cccc(CNc2cnc(Cl)c(Br)c2)c1F. The van der Waals surface area contributed by atoms with Crippen molar-refractivity contribution in [2.24, 2.45) is 0 Å². The molecule has 1 aromatic heterocycles. The number of hydrogen-bond donors (Lipinski definition) is 1. The fourth-order valence-corrected chi connectivity index (χ4v) is 1.85. The second-order valence-electron chi connectivity index (χ2n) is 3.56. The van der Waals surface area contributed by atoms with E-state index in [0.29, 0.717) is 15.3 Å². The van der Waals surface area contributed by atoms with Crippen LogP contribution in [0.25, 0.3) is 0 Å². The molecular weight excluding hydrogens is 325 g/mol. The van der Waals surface area contributed by atoms with E-state index in [9.17, 15) is 8.78 Å². The molecule has 0 radical (unpaired) electrons. The van der Waals surface area contributed by atoms with E-state index in [4.69, 9.17) is 11.6 Å². The van der Waals surface area contributed by atoms with Crippen LogP contribution < -0.4 is 5.32 Å². The van der Waals surface area contributed by atoms with Crippen molar-refractivity contribution in [1.29, 1.82) is 0 Å². The van der Waals surface area contributed by atoms with Crippen molar-refractivity contribution >= 4 is 33.2 Å². The first-order valence-electron chi connectivity index (χ1n) is 5.05. The summed E-state index contributed by atoms with van der Waals surface area (Å²) >= 11 is 8.98. The highest BCUT2D eigenvalue weighted by atomic mass is 79.9. The fraction of sp³-hybridized carbons (Fsp3) is 0.0833. The number of aromatic nitrogens is 1. The third-order valence-electron chi connectivity index (χ3n) is 2.31. The number of anilines is 1. The Bertz CT molecular complexity index is 578. The van der Waals surface area contributed by atoms with E-state index in [1.165, 1.54) is 18.3 Å². The fourth-order valence-electron chi connectivity index (χ4n) is 1.40. The zero-order valence-corrected chi connectivity index (χ0v) is 11.4. The molecule has 94 valence electrons. The number of halogens is 4. The van der Waals surface area contributed by atoms with Crippen molar-refractivity contribution in [1.82, 2.24) is 4.98 Å². The van der Waals surface area contributed by atoms with Crippen LogP contribution in [0, 0.1) is 11.6 Å². The lowest BCUT2D eigenvalue weighted by Crippen LogP contribution is -2.03. The van der Waals surface area contributed by atoms with E-state index in [0.717, 1.165) is 6.07 Å². The minimum Gasteiger partial charge on any atom is -0.380 e. The maximum Gasteiger partial charge on any atom is 0.163 e. The summed E-state index contributed by atoms with van der Waals surface area (Å²) in [5, 5.41) is 3.28. The summed E-state index contributed by atoms with van der Waals surface area (Å²) < 4.78 is 27.0. The predicted octanol–water partition coefficient (Wildman–Crippen LogP) is 4.39. The molecule has 2 aromatic rings. The van der Waals surface area contributed by atoms with Gasteiger partial charge in [0.25, 0.3) is 0 Å². The van der Waals surface area contributed by atoms with Gasteiger partial charge in [0.1, 0.15) is 5.15 Å². The summed E-state index contributed by atoms with van der Waals surface area (Å²) in [6, 6.07) is 5.78. The standard InChI is InChI=1S/C12H8BrClF2N2/c13-9-4-8(6-18-12(9)14)17-5-7-2-1-3-10(15)11(7)16/h1-4,6,17H,5H2. The summed E-state index contributed by atoms with van der Waals surface area (Å²) in [6.45, 7) is 0.166. The van der Waals surface area contributed by atoms with Gasteiger partial charge < -0.3 is 5.32 Å². The smallest absolute Gasteiger partial charge is 0.163 e. The zero-order valence-electron chi connectivity index (χ0n) is 9.05. The Hall–Kier alpha value is -1.20. The topological polar surface area (TPSA) is 24.9 Å². The molecule has 0 aliphatic carbocycles. The number of nitrogens with one attached hydrogen (secondary N) is 1. The van der Waals surface area contributed by atoms with Gasteiger partial charge >= 0.3 is 0 Å². The molecule has 1 heterocycles. The first-order chi connectivity index (χ1) is 8.58. The Morgan fingerprint density at radius 3 is 2.83 bits per heavy atom. The van der Waals surface area contributed by atoms with Gasteiger partial charge in [0.05, 0.1) is 16.4 Å². The van der Waals surface area contributed by atoms with Gasteiger partial charge in [-0.2, -0.15) is 0 Å². The first-order valence-corrected chi connectivity index (χ1v) is 6.23. The average molecular weight is 334 g/mol. The predicted molar refractivity (Wildman–Crippen MR) is 70.6 cm³/mol. The lowest BCUT2D eigenvalue weighted by Gasteiger charge is -2.08. The van der Waals surface area contributed by atoms with Crippen molar-refractivity contribution < 1.29 is 8.78 Å². The Morgan fingerprint density at radius 1 is 1.33 bits per heavy atom. The highest BCUT2D eigenvalue weighted by Crippen LogP contribution is 2.23. The van der Waals surface area contributed by atoms with Crippen LogP contribution in [0.15, 0.2) is 34.9 Å². The third kappa shape index (κ3) is 2.97. The molecule has 0 aliphatic heterocycles. The highest BCUT2D eigenvalue weighted by molar-refractivity contribution is 9.10. The molecule has 0 spiro atoms. The van der Waals surface area contributed by atoms with Crippen molar-refractivity contribution in [3.8, 4) is 0 Å². The van der Waals surface area contributed by atoms with Gasteiger partial charge in [0, 0.05) is 12.1 Å². The van der Waals surface area contributed by atoms with Crippen molar-refractivity contribution in [2.45, 2.75) is 6.54 Å². The van der Waals surface area contributed by atoms with Crippen LogP contribution in [0.3, 0.4) is 0 Å². The van der Waals surface area contributed by atoms with Gasteiger partial charge in [-0.05, 0) is 28.1 Å². The minimum atomic E-state index is -0.857. The molecular formula is C12H8BrClF2N2. The zero-order chi connectivity index (χ0) is 13.1. The van der Waals surface area contributed by atoms with Crippen molar-refractivity contribution in [2.75, 3.05) is 5.32 Å². The second kappa shape index (κ2) is 5.63. The van der Waals surface area contributed by atoms with Crippen LogP contribution in [-0.2, 0) is 6.54 Å². The van der Waals surface area contributed by atoms with Crippen LogP contribution in [-0.4, -0.2) is 4.98 Å². The van der Waals surface area contributed by atoms with E-state index < -0.39 is 11.6 Å². The molecule has 18 heavy (non-hydrogen) atoms. The minimum absolute atomic E-state index is 0.166. The molecule has 6 heteroatoms. The third-order valence-corrected chi connectivity index (χ3v) is 3.44. The molecule has 1 aromatic carbocycles. The Balaban J connectivity index is 2.11. The molecule has 0 atom stereocenters. The largest absolute Gasteiger partial charge is 0.380 e. The number of rotatable bonds is 3. The van der Waals surface area contributed by atoms with E-state index in [2.05, 4.69) is 26.2 Å². The van der Waals surface area contributed by atoms with E-state index in [-0.39, 0.29) is 12.1 Å². The van der Waals surface area contributed by atoms with Crippen LogP contribution in [0.1, 0.15) is 5.56 Å². The monoisotopic (exact) mass is 332 g/mol. The molecule has 0 aliphatic rings. The molecule has 0 amide bonds.